The number of nitrogens with zero attached hydrogens (tertiary/aromatic N) is 3. The SMILES string of the molecule is COC(=O)[C@H]1C[C@@H](Oc2cc3c(Nc4cccc(Cl)c4F)ncnc3cc2OC)CCN1C. The Bertz CT molecular complexity index is 1180. The van der Waals surface area contributed by atoms with Crippen molar-refractivity contribution in [3.05, 3.63) is 47.5 Å². The van der Waals surface area contributed by atoms with Gasteiger partial charge in [0, 0.05) is 24.4 Å². The van der Waals surface area contributed by atoms with Crippen LogP contribution in [-0.2, 0) is 9.53 Å². The normalized spacial score (nSPS) is 18.7. The predicted molar refractivity (Wildman–Crippen MR) is 123 cm³/mol. The maximum atomic E-state index is 14.4. The Kier molecular flexibility index (Phi) is 6.80. The molecular weight excluding hydrogens is 451 g/mol. The summed E-state index contributed by atoms with van der Waals surface area (Å²) in [5, 5.41) is 3.61. The maximum Gasteiger partial charge on any atom is 0.323 e. The van der Waals surface area contributed by atoms with Crippen LogP contribution < -0.4 is 14.8 Å². The number of rotatable bonds is 6. The van der Waals surface area contributed by atoms with Crippen LogP contribution in [-0.4, -0.2) is 60.8 Å². The molecule has 1 N–H and O–H groups in total. The molecule has 10 heteroatoms. The number of ether oxygens (including phenoxy) is 3. The number of esters is 1. The lowest BCUT2D eigenvalue weighted by Gasteiger charge is -2.35. The Hall–Kier alpha value is -3.17. The van der Waals surface area contributed by atoms with Crippen molar-refractivity contribution in [2.75, 3.05) is 33.1 Å². The van der Waals surface area contributed by atoms with Gasteiger partial charge in [0.2, 0.25) is 0 Å². The molecule has 1 aliphatic rings. The summed E-state index contributed by atoms with van der Waals surface area (Å²) in [6.45, 7) is 0.685. The monoisotopic (exact) mass is 474 g/mol. The van der Waals surface area contributed by atoms with E-state index in [1.54, 1.807) is 31.4 Å². The molecule has 0 aliphatic carbocycles. The third-order valence-electron chi connectivity index (χ3n) is 5.71. The average molecular weight is 475 g/mol. The third kappa shape index (κ3) is 4.79. The van der Waals surface area contributed by atoms with Gasteiger partial charge in [-0.2, -0.15) is 0 Å². The fourth-order valence-electron chi connectivity index (χ4n) is 3.89. The second-order valence-corrected chi connectivity index (χ2v) is 8.16. The van der Waals surface area contributed by atoms with Gasteiger partial charge in [-0.3, -0.25) is 9.69 Å². The van der Waals surface area contributed by atoms with Crippen LogP contribution >= 0.6 is 11.6 Å². The number of piperidine rings is 1. The quantitative estimate of drug-likeness (QED) is 0.532. The lowest BCUT2D eigenvalue weighted by molar-refractivity contribution is -0.149. The van der Waals surface area contributed by atoms with Gasteiger partial charge in [0.15, 0.2) is 17.3 Å². The van der Waals surface area contributed by atoms with Gasteiger partial charge in [0.05, 0.1) is 30.4 Å². The lowest BCUT2D eigenvalue weighted by Crippen LogP contribution is -2.48. The highest BCUT2D eigenvalue weighted by molar-refractivity contribution is 6.31. The van der Waals surface area contributed by atoms with E-state index in [0.717, 1.165) is 6.42 Å². The van der Waals surface area contributed by atoms with Gasteiger partial charge in [-0.1, -0.05) is 17.7 Å². The Labute approximate surface area is 195 Å². The van der Waals surface area contributed by atoms with E-state index in [0.29, 0.717) is 41.2 Å². The van der Waals surface area contributed by atoms with Crippen LogP contribution in [0.3, 0.4) is 0 Å². The molecule has 2 heterocycles. The predicted octanol–water partition coefficient (Wildman–Crippen LogP) is 4.19. The van der Waals surface area contributed by atoms with Crippen LogP contribution in [0.25, 0.3) is 10.9 Å². The number of anilines is 2. The van der Waals surface area contributed by atoms with E-state index in [1.165, 1.54) is 19.5 Å². The topological polar surface area (TPSA) is 85.8 Å². The molecule has 2 aromatic carbocycles. The molecule has 0 radical (unpaired) electrons. The van der Waals surface area contributed by atoms with Crippen LogP contribution in [0.1, 0.15) is 12.8 Å². The van der Waals surface area contributed by atoms with Crippen molar-refractivity contribution in [3.63, 3.8) is 0 Å². The van der Waals surface area contributed by atoms with Crippen molar-refractivity contribution in [1.82, 2.24) is 14.9 Å². The minimum atomic E-state index is -0.573. The van der Waals surface area contributed by atoms with Crippen molar-refractivity contribution >= 4 is 40.0 Å². The molecule has 0 saturated carbocycles. The molecule has 0 unspecified atom stereocenters. The van der Waals surface area contributed by atoms with E-state index >= 15 is 0 Å². The summed E-state index contributed by atoms with van der Waals surface area (Å²) >= 11 is 5.91. The first-order valence-electron chi connectivity index (χ1n) is 10.4. The third-order valence-corrected chi connectivity index (χ3v) is 6.01. The highest BCUT2D eigenvalue weighted by atomic mass is 35.5. The van der Waals surface area contributed by atoms with Gasteiger partial charge in [-0.05, 0) is 31.7 Å². The fourth-order valence-corrected chi connectivity index (χ4v) is 4.07. The van der Waals surface area contributed by atoms with Crippen molar-refractivity contribution in [2.24, 2.45) is 0 Å². The Morgan fingerprint density at radius 1 is 1.24 bits per heavy atom. The molecule has 2 atom stereocenters. The Balaban J connectivity index is 1.66. The summed E-state index contributed by atoms with van der Waals surface area (Å²) in [5.74, 6) is 0.502. The first-order valence-corrected chi connectivity index (χ1v) is 10.8. The minimum absolute atomic E-state index is 0.00600. The number of fused-ring (bicyclic) bond motifs is 1. The van der Waals surface area contributed by atoms with Crippen LogP contribution in [0, 0.1) is 5.82 Å². The number of likely N-dealkylation sites (tertiary alicyclic amines) is 1. The Morgan fingerprint density at radius 3 is 2.82 bits per heavy atom. The molecule has 1 aromatic heterocycles. The van der Waals surface area contributed by atoms with Gasteiger partial charge in [-0.15, -0.1) is 0 Å². The molecule has 1 saturated heterocycles. The molecular formula is C23H24ClFN4O4. The standard InChI is InChI=1S/C23H24ClFN4O4/c1-29-8-7-13(9-18(29)23(30)32-3)33-20-10-14-17(11-19(20)31-2)26-12-27-22(14)28-16-6-4-5-15(24)21(16)25/h4-6,10-13,18H,7-9H2,1-3H3,(H,26,27,28)/t13-,18+/m0/s1. The Morgan fingerprint density at radius 2 is 2.06 bits per heavy atom. The van der Waals surface area contributed by atoms with Crippen LogP contribution in [0.15, 0.2) is 36.7 Å². The van der Waals surface area contributed by atoms with Gasteiger partial charge >= 0.3 is 5.97 Å². The van der Waals surface area contributed by atoms with Gasteiger partial charge in [0.1, 0.15) is 24.3 Å². The number of carbonyl (C=O) groups excluding carboxylic acids is 1. The van der Waals surface area contributed by atoms with E-state index in [4.69, 9.17) is 25.8 Å². The molecule has 1 fully saturated rings. The number of benzene rings is 2. The number of aromatic nitrogens is 2. The smallest absolute Gasteiger partial charge is 0.323 e. The molecule has 4 rings (SSSR count). The van der Waals surface area contributed by atoms with Crippen LogP contribution in [0.4, 0.5) is 15.9 Å². The average Bonchev–Trinajstić information content (AvgIpc) is 2.82. The van der Waals surface area contributed by atoms with E-state index in [9.17, 15) is 9.18 Å². The molecule has 8 nitrogen and oxygen atoms in total. The summed E-state index contributed by atoms with van der Waals surface area (Å²) in [6.07, 6.45) is 2.37. The van der Waals surface area contributed by atoms with Gasteiger partial charge < -0.3 is 19.5 Å². The fraction of sp³-hybridized carbons (Fsp3) is 0.348. The number of halogens is 2. The first kappa shape index (κ1) is 23.0. The van der Waals surface area contributed by atoms with E-state index in [-0.39, 0.29) is 28.8 Å². The number of nitrogens with one attached hydrogen (secondary N) is 1. The van der Waals surface area contributed by atoms with Crippen LogP contribution in [0.5, 0.6) is 11.5 Å². The number of likely N-dealkylation sites (N-methyl/N-ethyl adjacent to an activating group) is 1. The molecule has 0 spiro atoms. The molecule has 1 aliphatic heterocycles. The van der Waals surface area contributed by atoms with Gasteiger partial charge in [-0.25, -0.2) is 14.4 Å². The summed E-state index contributed by atoms with van der Waals surface area (Å²) < 4.78 is 31.1. The number of hydrogen-bond donors (Lipinski definition) is 1. The summed E-state index contributed by atoms with van der Waals surface area (Å²) in [6, 6.07) is 7.80. The molecule has 0 amide bonds. The zero-order valence-corrected chi connectivity index (χ0v) is 19.2. The highest BCUT2D eigenvalue weighted by Crippen LogP contribution is 2.37. The van der Waals surface area contributed by atoms with Crippen LogP contribution in [0.2, 0.25) is 5.02 Å². The van der Waals surface area contributed by atoms with Crippen molar-refractivity contribution in [3.8, 4) is 11.5 Å². The van der Waals surface area contributed by atoms with E-state index < -0.39 is 5.82 Å². The zero-order valence-electron chi connectivity index (χ0n) is 18.5. The highest BCUT2D eigenvalue weighted by Gasteiger charge is 2.33. The maximum absolute atomic E-state index is 14.4. The molecule has 3 aromatic rings. The first-order chi connectivity index (χ1) is 15.9. The molecule has 33 heavy (non-hydrogen) atoms. The largest absolute Gasteiger partial charge is 0.493 e. The van der Waals surface area contributed by atoms with Crippen molar-refractivity contribution in [2.45, 2.75) is 25.0 Å². The lowest BCUT2D eigenvalue weighted by atomic mass is 10.00. The molecule has 174 valence electrons. The number of methoxy groups -OCH3 is 2. The molecule has 0 bridgehead atoms. The minimum Gasteiger partial charge on any atom is -0.493 e. The van der Waals surface area contributed by atoms with E-state index in [2.05, 4.69) is 15.3 Å². The van der Waals surface area contributed by atoms with Gasteiger partial charge in [0.25, 0.3) is 0 Å². The summed E-state index contributed by atoms with van der Waals surface area (Å²) in [4.78, 5) is 22.7. The number of carbonyl (C=O) groups is 1. The number of hydrogen-bond acceptors (Lipinski definition) is 8. The summed E-state index contributed by atoms with van der Waals surface area (Å²) in [7, 11) is 4.81. The zero-order chi connectivity index (χ0) is 23.5. The summed E-state index contributed by atoms with van der Waals surface area (Å²) in [5.41, 5.74) is 0.784. The second kappa shape index (κ2) is 9.76. The van der Waals surface area contributed by atoms with Crippen molar-refractivity contribution in [1.29, 1.82) is 0 Å². The van der Waals surface area contributed by atoms with E-state index in [1.807, 2.05) is 11.9 Å². The van der Waals surface area contributed by atoms with Crippen molar-refractivity contribution < 1.29 is 23.4 Å². The second-order valence-electron chi connectivity index (χ2n) is 7.75.